The maximum atomic E-state index is 10.0. The summed E-state index contributed by atoms with van der Waals surface area (Å²) < 4.78 is 4.29. The van der Waals surface area contributed by atoms with Gasteiger partial charge in [0, 0.05) is 18.5 Å². The molecule has 1 rings (SSSR count). The number of aromatic nitrogens is 1. The van der Waals surface area contributed by atoms with E-state index in [1.807, 2.05) is 0 Å². The van der Waals surface area contributed by atoms with Crippen molar-refractivity contribution < 1.29 is 14.6 Å². The van der Waals surface area contributed by atoms with Gasteiger partial charge in [0.2, 0.25) is 0 Å². The average Bonchev–Trinajstić information content (AvgIpc) is 1.93. The largest absolute Gasteiger partial charge is 0.511 e. The van der Waals surface area contributed by atoms with Crippen LogP contribution in [0, 0.1) is 0 Å². The Labute approximate surface area is 67.4 Å². The summed E-state index contributed by atoms with van der Waals surface area (Å²) >= 11 is 5.52. The van der Waals surface area contributed by atoms with E-state index in [0.29, 0.717) is 0 Å². The van der Waals surface area contributed by atoms with Crippen LogP contribution in [-0.2, 0) is 0 Å². The summed E-state index contributed by atoms with van der Waals surface area (Å²) in [6, 6.07) is 1.37. The fourth-order valence-electron chi connectivity index (χ4n) is 0.539. The van der Waals surface area contributed by atoms with Gasteiger partial charge >= 0.3 is 6.16 Å². The van der Waals surface area contributed by atoms with Crippen LogP contribution in [0.3, 0.4) is 0 Å². The van der Waals surface area contributed by atoms with Crippen molar-refractivity contribution in [1.82, 2.24) is 4.98 Å². The SMILES string of the molecule is O=C(O)Oc1ccncc1Cl. The van der Waals surface area contributed by atoms with Crippen LogP contribution in [-0.4, -0.2) is 16.2 Å². The molecule has 5 heteroatoms. The zero-order valence-electron chi connectivity index (χ0n) is 5.32. The van der Waals surface area contributed by atoms with Crippen LogP contribution in [0.25, 0.3) is 0 Å². The molecule has 0 saturated heterocycles. The monoisotopic (exact) mass is 173 g/mol. The standard InChI is InChI=1S/C6H4ClNO3/c7-4-3-8-2-1-5(4)11-6(9)10/h1-3H,(H,9,10). The van der Waals surface area contributed by atoms with E-state index in [9.17, 15) is 4.79 Å². The lowest BCUT2D eigenvalue weighted by atomic mass is 10.4. The summed E-state index contributed by atoms with van der Waals surface area (Å²) in [5.74, 6) is 0.0918. The highest BCUT2D eigenvalue weighted by atomic mass is 35.5. The molecule has 0 radical (unpaired) electrons. The second-order valence-corrected chi connectivity index (χ2v) is 2.08. The van der Waals surface area contributed by atoms with Gasteiger partial charge < -0.3 is 9.84 Å². The normalized spacial score (nSPS) is 9.18. The van der Waals surface area contributed by atoms with Gasteiger partial charge in [-0.15, -0.1) is 0 Å². The first-order chi connectivity index (χ1) is 5.20. The van der Waals surface area contributed by atoms with E-state index in [-0.39, 0.29) is 10.8 Å². The average molecular weight is 174 g/mol. The number of rotatable bonds is 1. The molecule has 0 aliphatic heterocycles. The maximum absolute atomic E-state index is 10.0. The Morgan fingerprint density at radius 2 is 2.45 bits per heavy atom. The van der Waals surface area contributed by atoms with Gasteiger partial charge in [0.05, 0.1) is 0 Å². The van der Waals surface area contributed by atoms with Crippen LogP contribution in [0.4, 0.5) is 4.79 Å². The fraction of sp³-hybridized carbons (Fsp3) is 0. The molecule has 0 atom stereocenters. The summed E-state index contributed by atoms with van der Waals surface area (Å²) in [5, 5.41) is 8.37. The Kier molecular flexibility index (Phi) is 2.28. The van der Waals surface area contributed by atoms with E-state index in [1.165, 1.54) is 18.5 Å². The number of ether oxygens (including phenoxy) is 1. The Hall–Kier alpha value is -1.29. The van der Waals surface area contributed by atoms with Gasteiger partial charge in [-0.05, 0) is 0 Å². The van der Waals surface area contributed by atoms with Crippen molar-refractivity contribution in [2.24, 2.45) is 0 Å². The molecule has 0 aliphatic carbocycles. The van der Waals surface area contributed by atoms with Crippen molar-refractivity contribution in [2.75, 3.05) is 0 Å². The lowest BCUT2D eigenvalue weighted by Crippen LogP contribution is -2.03. The molecule has 0 bridgehead atoms. The van der Waals surface area contributed by atoms with Gasteiger partial charge in [-0.3, -0.25) is 4.98 Å². The highest BCUT2D eigenvalue weighted by molar-refractivity contribution is 6.31. The Bertz CT molecular complexity index is 276. The first-order valence-corrected chi connectivity index (χ1v) is 3.08. The van der Waals surface area contributed by atoms with Gasteiger partial charge in [0.15, 0.2) is 5.75 Å². The molecule has 1 heterocycles. The first kappa shape index (κ1) is 7.81. The zero-order chi connectivity index (χ0) is 8.27. The molecule has 0 amide bonds. The van der Waals surface area contributed by atoms with Crippen LogP contribution in [0.5, 0.6) is 5.75 Å². The second-order valence-electron chi connectivity index (χ2n) is 1.67. The summed E-state index contributed by atoms with van der Waals surface area (Å²) in [6.45, 7) is 0. The number of carboxylic acid groups (broad SMARTS) is 1. The lowest BCUT2D eigenvalue weighted by Gasteiger charge is -1.99. The molecule has 1 aromatic heterocycles. The van der Waals surface area contributed by atoms with Crippen molar-refractivity contribution in [3.63, 3.8) is 0 Å². The second kappa shape index (κ2) is 3.21. The Morgan fingerprint density at radius 1 is 1.73 bits per heavy atom. The van der Waals surface area contributed by atoms with Gasteiger partial charge in [-0.2, -0.15) is 0 Å². The van der Waals surface area contributed by atoms with Crippen molar-refractivity contribution >= 4 is 17.8 Å². The minimum atomic E-state index is -1.39. The van der Waals surface area contributed by atoms with Gasteiger partial charge in [-0.25, -0.2) is 4.79 Å². The van der Waals surface area contributed by atoms with Crippen molar-refractivity contribution in [3.05, 3.63) is 23.5 Å². The molecular weight excluding hydrogens is 170 g/mol. The first-order valence-electron chi connectivity index (χ1n) is 2.70. The van der Waals surface area contributed by atoms with Crippen LogP contribution < -0.4 is 4.74 Å². The van der Waals surface area contributed by atoms with Crippen LogP contribution in [0.1, 0.15) is 0 Å². The van der Waals surface area contributed by atoms with Gasteiger partial charge in [0.1, 0.15) is 5.02 Å². The number of hydrogen-bond acceptors (Lipinski definition) is 3. The Balaban J connectivity index is 2.86. The minimum Gasteiger partial charge on any atom is -0.449 e. The van der Waals surface area contributed by atoms with E-state index in [1.54, 1.807) is 0 Å². The van der Waals surface area contributed by atoms with E-state index >= 15 is 0 Å². The van der Waals surface area contributed by atoms with Crippen molar-refractivity contribution in [2.45, 2.75) is 0 Å². The third kappa shape index (κ3) is 2.09. The molecule has 1 aromatic rings. The fourth-order valence-corrected chi connectivity index (χ4v) is 0.697. The summed E-state index contributed by atoms with van der Waals surface area (Å²) in [6.07, 6.45) is 1.31. The molecule has 0 fully saturated rings. The third-order valence-electron chi connectivity index (χ3n) is 0.933. The topological polar surface area (TPSA) is 59.4 Å². The van der Waals surface area contributed by atoms with Crippen molar-refractivity contribution in [3.8, 4) is 5.75 Å². The van der Waals surface area contributed by atoms with Gasteiger partial charge in [0.25, 0.3) is 0 Å². The molecule has 4 nitrogen and oxygen atoms in total. The number of halogens is 1. The van der Waals surface area contributed by atoms with Gasteiger partial charge in [-0.1, -0.05) is 11.6 Å². The number of pyridine rings is 1. The minimum absolute atomic E-state index is 0.0918. The molecule has 0 aromatic carbocycles. The molecule has 1 N–H and O–H groups in total. The number of hydrogen-bond donors (Lipinski definition) is 1. The summed E-state index contributed by atoms with van der Waals surface area (Å²) in [7, 11) is 0. The van der Waals surface area contributed by atoms with Crippen LogP contribution >= 0.6 is 11.6 Å². The molecule has 11 heavy (non-hydrogen) atoms. The van der Waals surface area contributed by atoms with Crippen LogP contribution in [0.15, 0.2) is 18.5 Å². The molecule has 0 unspecified atom stereocenters. The molecular formula is C6H4ClNO3. The van der Waals surface area contributed by atoms with E-state index in [4.69, 9.17) is 16.7 Å². The highest BCUT2D eigenvalue weighted by Gasteiger charge is 2.04. The summed E-state index contributed by atoms with van der Waals surface area (Å²) in [5.41, 5.74) is 0. The Morgan fingerprint density at radius 3 is 3.00 bits per heavy atom. The third-order valence-corrected chi connectivity index (χ3v) is 1.22. The molecule has 0 saturated carbocycles. The predicted octanol–water partition coefficient (Wildman–Crippen LogP) is 1.79. The zero-order valence-corrected chi connectivity index (χ0v) is 6.08. The van der Waals surface area contributed by atoms with Crippen LogP contribution in [0.2, 0.25) is 5.02 Å². The van der Waals surface area contributed by atoms with E-state index < -0.39 is 6.16 Å². The highest BCUT2D eigenvalue weighted by Crippen LogP contribution is 2.21. The quantitative estimate of drug-likeness (QED) is 0.658. The van der Waals surface area contributed by atoms with E-state index in [2.05, 4.69) is 9.72 Å². The smallest absolute Gasteiger partial charge is 0.449 e. The lowest BCUT2D eigenvalue weighted by molar-refractivity contribution is 0.144. The number of nitrogens with zero attached hydrogens (tertiary/aromatic N) is 1. The van der Waals surface area contributed by atoms with E-state index in [0.717, 1.165) is 0 Å². The summed E-state index contributed by atoms with van der Waals surface area (Å²) in [4.78, 5) is 13.7. The molecule has 0 spiro atoms. The maximum Gasteiger partial charge on any atom is 0.511 e. The molecule has 0 aliphatic rings. The predicted molar refractivity (Wildman–Crippen MR) is 37.9 cm³/mol. The van der Waals surface area contributed by atoms with Crippen molar-refractivity contribution in [1.29, 1.82) is 0 Å². The molecule has 58 valence electrons. The number of carbonyl (C=O) groups is 1.